The summed E-state index contributed by atoms with van der Waals surface area (Å²) in [6.45, 7) is 1.14. The molecule has 8 nitrogen and oxygen atoms in total. The molecular formula is C25H25F3N3O5S+. The van der Waals surface area contributed by atoms with Gasteiger partial charge in [0.15, 0.2) is 27.0 Å². The minimum atomic E-state index is -4.47. The second-order valence-corrected chi connectivity index (χ2v) is 10.9. The molecule has 1 aromatic heterocycles. The van der Waals surface area contributed by atoms with E-state index in [0.717, 1.165) is 24.3 Å². The predicted octanol–water partition coefficient (Wildman–Crippen LogP) is 3.56. The van der Waals surface area contributed by atoms with Crippen LogP contribution in [0.1, 0.15) is 18.4 Å². The lowest BCUT2D eigenvalue weighted by atomic mass is 9.95. The molecule has 3 aromatic rings. The van der Waals surface area contributed by atoms with Gasteiger partial charge in [0, 0.05) is 25.2 Å². The smallest absolute Gasteiger partial charge is 0.416 e. The second-order valence-electron chi connectivity index (χ2n) is 8.68. The van der Waals surface area contributed by atoms with Gasteiger partial charge < -0.3 is 4.74 Å². The summed E-state index contributed by atoms with van der Waals surface area (Å²) < 4.78 is 71.1. The van der Waals surface area contributed by atoms with E-state index in [1.165, 1.54) is 29.7 Å². The SMILES string of the molecule is O=C(NO)C1(S(=O)(=O)c2ccc(Oc3ccc(C(F)(F)F)cc3)cc2)CCN(C[n+]2ccccc2)CC1. The summed E-state index contributed by atoms with van der Waals surface area (Å²) in [6, 6.07) is 15.0. The molecule has 4 rings (SSSR count). The van der Waals surface area contributed by atoms with Gasteiger partial charge in [-0.15, -0.1) is 0 Å². The largest absolute Gasteiger partial charge is 0.457 e. The first kappa shape index (κ1) is 26.6. The Kier molecular flexibility index (Phi) is 7.53. The number of alkyl halides is 3. The Hall–Kier alpha value is -3.48. The fourth-order valence-electron chi connectivity index (χ4n) is 4.30. The summed E-state index contributed by atoms with van der Waals surface area (Å²) in [5, 5.41) is 9.37. The number of pyridine rings is 1. The first-order chi connectivity index (χ1) is 17.5. The lowest BCUT2D eigenvalue weighted by Gasteiger charge is -2.38. The molecule has 1 fully saturated rings. The highest BCUT2D eigenvalue weighted by Crippen LogP contribution is 2.37. The fraction of sp³-hybridized carbons (Fsp3) is 0.280. The summed E-state index contributed by atoms with van der Waals surface area (Å²) in [6.07, 6.45) is -0.763. The topological polar surface area (TPSA) is 99.8 Å². The molecule has 37 heavy (non-hydrogen) atoms. The first-order valence-corrected chi connectivity index (χ1v) is 12.8. The molecule has 0 bridgehead atoms. The third kappa shape index (κ3) is 5.60. The van der Waals surface area contributed by atoms with Crippen molar-refractivity contribution < 1.29 is 40.9 Å². The van der Waals surface area contributed by atoms with Crippen LogP contribution in [-0.4, -0.2) is 42.3 Å². The quantitative estimate of drug-likeness (QED) is 0.272. The molecule has 0 saturated carbocycles. The van der Waals surface area contributed by atoms with Crippen molar-refractivity contribution >= 4 is 15.7 Å². The molecule has 1 amide bonds. The highest BCUT2D eigenvalue weighted by Gasteiger charge is 2.53. The summed E-state index contributed by atoms with van der Waals surface area (Å²) in [4.78, 5) is 14.6. The average Bonchev–Trinajstić information content (AvgIpc) is 2.89. The van der Waals surface area contributed by atoms with Gasteiger partial charge in [-0.3, -0.25) is 10.0 Å². The lowest BCUT2D eigenvalue weighted by Crippen LogP contribution is -2.59. The molecule has 0 aliphatic carbocycles. The van der Waals surface area contributed by atoms with Gasteiger partial charge in [-0.25, -0.2) is 18.8 Å². The Morgan fingerprint density at radius 2 is 1.51 bits per heavy atom. The van der Waals surface area contributed by atoms with Gasteiger partial charge >= 0.3 is 6.18 Å². The van der Waals surface area contributed by atoms with Gasteiger partial charge in [-0.1, -0.05) is 6.07 Å². The Labute approximate surface area is 211 Å². The molecule has 0 unspecified atom stereocenters. The van der Waals surface area contributed by atoms with E-state index >= 15 is 0 Å². The number of ether oxygens (including phenoxy) is 1. The average molecular weight is 537 g/mol. The van der Waals surface area contributed by atoms with Crippen LogP contribution in [0.3, 0.4) is 0 Å². The zero-order chi connectivity index (χ0) is 26.7. The van der Waals surface area contributed by atoms with Crippen LogP contribution in [0.25, 0.3) is 0 Å². The van der Waals surface area contributed by atoms with Gasteiger partial charge in [0.1, 0.15) is 11.5 Å². The van der Waals surface area contributed by atoms with E-state index in [2.05, 4.69) is 0 Å². The maximum Gasteiger partial charge on any atom is 0.416 e. The molecule has 0 atom stereocenters. The van der Waals surface area contributed by atoms with Crippen molar-refractivity contribution in [3.63, 3.8) is 0 Å². The van der Waals surface area contributed by atoms with Crippen LogP contribution in [-0.2, 0) is 27.5 Å². The van der Waals surface area contributed by atoms with Crippen molar-refractivity contribution in [2.75, 3.05) is 13.1 Å². The van der Waals surface area contributed by atoms with Gasteiger partial charge in [-0.2, -0.15) is 17.7 Å². The molecular weight excluding hydrogens is 511 g/mol. The zero-order valence-electron chi connectivity index (χ0n) is 19.6. The van der Waals surface area contributed by atoms with E-state index in [1.54, 1.807) is 0 Å². The normalized spacial score (nSPS) is 16.2. The summed E-state index contributed by atoms with van der Waals surface area (Å²) in [5.74, 6) is -0.651. The molecule has 2 aromatic carbocycles. The van der Waals surface area contributed by atoms with Crippen LogP contribution in [0.4, 0.5) is 13.2 Å². The molecule has 0 spiro atoms. The maximum atomic E-state index is 13.6. The second kappa shape index (κ2) is 10.5. The van der Waals surface area contributed by atoms with Gasteiger partial charge in [0.25, 0.3) is 5.91 Å². The van der Waals surface area contributed by atoms with Crippen molar-refractivity contribution in [3.8, 4) is 11.5 Å². The maximum absolute atomic E-state index is 13.6. The third-order valence-corrected chi connectivity index (χ3v) is 8.90. The monoisotopic (exact) mass is 536 g/mol. The number of likely N-dealkylation sites (tertiary alicyclic amines) is 1. The van der Waals surface area contributed by atoms with E-state index < -0.39 is 32.2 Å². The van der Waals surface area contributed by atoms with Crippen molar-refractivity contribution in [2.24, 2.45) is 0 Å². The molecule has 12 heteroatoms. The highest BCUT2D eigenvalue weighted by atomic mass is 32.2. The predicted molar refractivity (Wildman–Crippen MR) is 125 cm³/mol. The van der Waals surface area contributed by atoms with Crippen LogP contribution in [0.2, 0.25) is 0 Å². The number of rotatable bonds is 7. The van der Waals surface area contributed by atoms with Crippen molar-refractivity contribution in [1.82, 2.24) is 10.4 Å². The molecule has 196 valence electrons. The summed E-state index contributed by atoms with van der Waals surface area (Å²) in [7, 11) is -4.23. The van der Waals surface area contributed by atoms with Crippen LogP contribution < -0.4 is 14.8 Å². The number of nitrogens with zero attached hydrogens (tertiary/aromatic N) is 2. The van der Waals surface area contributed by atoms with E-state index in [9.17, 15) is 31.6 Å². The van der Waals surface area contributed by atoms with Gasteiger partial charge in [-0.05, 0) is 61.4 Å². The lowest BCUT2D eigenvalue weighted by molar-refractivity contribution is -0.716. The Bertz CT molecular complexity index is 1320. The number of hydrogen-bond donors (Lipinski definition) is 2. The standard InChI is InChI=1S/C25H24F3N3O5S/c26-25(27,28)19-4-6-20(7-5-19)36-21-8-10-22(11-9-21)37(34,35)24(23(32)29-33)12-16-31(17-13-24)18-30-14-2-1-3-15-30/h1-11,14-15H,12-13,16-18H2,(H-,29,32,33)/p+1. The Balaban J connectivity index is 1.50. The van der Waals surface area contributed by atoms with Crippen LogP contribution >= 0.6 is 0 Å². The minimum Gasteiger partial charge on any atom is -0.457 e. The summed E-state index contributed by atoms with van der Waals surface area (Å²) in [5.41, 5.74) is 0.711. The number of carbonyl (C=O) groups excluding carboxylic acids is 1. The zero-order valence-corrected chi connectivity index (χ0v) is 20.4. The number of aromatic nitrogens is 1. The molecule has 1 saturated heterocycles. The van der Waals surface area contributed by atoms with Crippen LogP contribution in [0.15, 0.2) is 84.0 Å². The number of benzene rings is 2. The number of halogens is 3. The first-order valence-electron chi connectivity index (χ1n) is 11.4. The van der Waals surface area contributed by atoms with E-state index in [-0.39, 0.29) is 29.2 Å². The number of amides is 1. The van der Waals surface area contributed by atoms with Crippen molar-refractivity contribution in [3.05, 3.63) is 84.7 Å². The van der Waals surface area contributed by atoms with Crippen LogP contribution in [0, 0.1) is 0 Å². The molecule has 0 radical (unpaired) electrons. The third-order valence-electron chi connectivity index (χ3n) is 6.39. The van der Waals surface area contributed by atoms with Crippen LogP contribution in [0.5, 0.6) is 11.5 Å². The number of hydrogen-bond acceptors (Lipinski definition) is 6. The van der Waals surface area contributed by atoms with E-state index in [0.29, 0.717) is 19.8 Å². The van der Waals surface area contributed by atoms with E-state index in [4.69, 9.17) is 4.74 Å². The number of nitrogens with one attached hydrogen (secondary N) is 1. The fourth-order valence-corrected chi connectivity index (χ4v) is 6.25. The molecule has 1 aliphatic rings. The summed E-state index contributed by atoms with van der Waals surface area (Å²) >= 11 is 0. The van der Waals surface area contributed by atoms with Crippen molar-refractivity contribution in [2.45, 2.75) is 35.3 Å². The molecule has 2 N–H and O–H groups in total. The Morgan fingerprint density at radius 3 is 2.03 bits per heavy atom. The molecule has 1 aliphatic heterocycles. The van der Waals surface area contributed by atoms with Gasteiger partial charge in [0.2, 0.25) is 6.67 Å². The number of carbonyl (C=O) groups is 1. The minimum absolute atomic E-state index is 0.0288. The number of piperidine rings is 1. The Morgan fingerprint density at radius 1 is 0.973 bits per heavy atom. The van der Waals surface area contributed by atoms with Gasteiger partial charge in [0.05, 0.1) is 10.5 Å². The molecule has 2 heterocycles. The van der Waals surface area contributed by atoms with Crippen molar-refractivity contribution in [1.29, 1.82) is 0 Å². The van der Waals surface area contributed by atoms with E-state index in [1.807, 2.05) is 40.1 Å². The number of sulfone groups is 1. The number of hydroxylamine groups is 1. The highest BCUT2D eigenvalue weighted by molar-refractivity contribution is 7.93.